The Kier molecular flexibility index (Phi) is 3.10. The van der Waals surface area contributed by atoms with Crippen molar-refractivity contribution in [3.05, 3.63) is 28.2 Å². The highest BCUT2D eigenvalue weighted by molar-refractivity contribution is 9.10. The van der Waals surface area contributed by atoms with Crippen LogP contribution in [0.2, 0.25) is 0 Å². The third kappa shape index (κ3) is 2.23. The molecule has 2 N–H and O–H groups in total. The molecular weight excluding hydrogens is 220 g/mol. The predicted octanol–water partition coefficient (Wildman–Crippen LogP) is 1.71. The van der Waals surface area contributed by atoms with Crippen LogP contribution < -0.4 is 5.43 Å². The highest BCUT2D eigenvalue weighted by Gasteiger charge is 1.96. The van der Waals surface area contributed by atoms with E-state index in [1.807, 2.05) is 0 Å². The monoisotopic (exact) mass is 228 g/mol. The molecule has 0 saturated carbocycles. The Morgan fingerprint density at radius 3 is 2.92 bits per heavy atom. The van der Waals surface area contributed by atoms with Gasteiger partial charge in [0.2, 0.25) is 0 Å². The smallest absolute Gasteiger partial charge is 0.129 e. The number of hydrogen-bond acceptors (Lipinski definition) is 3. The standard InChI is InChI=1S/C8H9BrN2O/c1-10-11-5-6-2-3-8(12)7(9)4-6/h2-5,10,12H,1H3. The molecule has 0 radical (unpaired) electrons. The number of rotatable bonds is 2. The first kappa shape index (κ1) is 9.06. The maximum absolute atomic E-state index is 9.16. The molecule has 12 heavy (non-hydrogen) atoms. The molecule has 3 nitrogen and oxygen atoms in total. The molecule has 0 spiro atoms. The van der Waals surface area contributed by atoms with Gasteiger partial charge in [0, 0.05) is 7.05 Å². The summed E-state index contributed by atoms with van der Waals surface area (Å²) in [5, 5.41) is 13.0. The number of nitrogens with one attached hydrogen (secondary N) is 1. The lowest BCUT2D eigenvalue weighted by Gasteiger charge is -1.97. The summed E-state index contributed by atoms with van der Waals surface area (Å²) in [6.45, 7) is 0. The Morgan fingerprint density at radius 2 is 2.33 bits per heavy atom. The summed E-state index contributed by atoms with van der Waals surface area (Å²) in [7, 11) is 1.73. The van der Waals surface area contributed by atoms with Gasteiger partial charge in [-0.3, -0.25) is 0 Å². The van der Waals surface area contributed by atoms with E-state index in [9.17, 15) is 0 Å². The molecule has 0 aliphatic rings. The predicted molar refractivity (Wildman–Crippen MR) is 52.5 cm³/mol. The number of halogens is 1. The van der Waals surface area contributed by atoms with E-state index in [0.29, 0.717) is 4.47 Å². The van der Waals surface area contributed by atoms with E-state index < -0.39 is 0 Å². The van der Waals surface area contributed by atoms with Crippen LogP contribution in [0.15, 0.2) is 27.8 Å². The summed E-state index contributed by atoms with van der Waals surface area (Å²) in [5.74, 6) is 0.233. The van der Waals surface area contributed by atoms with Gasteiger partial charge in [-0.25, -0.2) is 0 Å². The average Bonchev–Trinajstić information content (AvgIpc) is 2.07. The number of hydrogen-bond donors (Lipinski definition) is 2. The number of nitrogens with zero attached hydrogens (tertiary/aromatic N) is 1. The molecule has 0 fully saturated rings. The van der Waals surface area contributed by atoms with E-state index in [-0.39, 0.29) is 5.75 Å². The lowest BCUT2D eigenvalue weighted by atomic mass is 10.2. The van der Waals surface area contributed by atoms with Crippen molar-refractivity contribution in [1.29, 1.82) is 0 Å². The largest absolute Gasteiger partial charge is 0.507 e. The molecule has 1 aromatic rings. The minimum absolute atomic E-state index is 0.233. The first-order valence-corrected chi connectivity index (χ1v) is 4.21. The molecule has 0 unspecified atom stereocenters. The zero-order chi connectivity index (χ0) is 8.97. The zero-order valence-electron chi connectivity index (χ0n) is 6.58. The maximum atomic E-state index is 9.16. The van der Waals surface area contributed by atoms with E-state index in [2.05, 4.69) is 26.5 Å². The first-order chi connectivity index (χ1) is 5.74. The van der Waals surface area contributed by atoms with Crippen LogP contribution in [0.3, 0.4) is 0 Å². The second kappa shape index (κ2) is 4.11. The number of hydrazone groups is 1. The lowest BCUT2D eigenvalue weighted by molar-refractivity contribution is 0.472. The number of aromatic hydroxyl groups is 1. The van der Waals surface area contributed by atoms with Crippen LogP contribution in [0, 0.1) is 0 Å². The van der Waals surface area contributed by atoms with Gasteiger partial charge in [0.15, 0.2) is 0 Å². The molecular formula is C8H9BrN2O. The summed E-state index contributed by atoms with van der Waals surface area (Å²) in [6, 6.07) is 5.18. The Morgan fingerprint density at radius 1 is 1.58 bits per heavy atom. The van der Waals surface area contributed by atoms with Gasteiger partial charge >= 0.3 is 0 Å². The molecule has 0 bridgehead atoms. The summed E-state index contributed by atoms with van der Waals surface area (Å²) in [4.78, 5) is 0. The Balaban J connectivity index is 2.89. The third-order valence-electron chi connectivity index (χ3n) is 1.31. The van der Waals surface area contributed by atoms with E-state index in [4.69, 9.17) is 5.11 Å². The van der Waals surface area contributed by atoms with Crippen LogP contribution >= 0.6 is 15.9 Å². The van der Waals surface area contributed by atoms with Crippen LogP contribution in [-0.2, 0) is 0 Å². The van der Waals surface area contributed by atoms with Crippen LogP contribution in [0.25, 0.3) is 0 Å². The molecule has 1 aromatic carbocycles. The minimum Gasteiger partial charge on any atom is -0.507 e. The average molecular weight is 229 g/mol. The molecule has 0 amide bonds. The quantitative estimate of drug-likeness (QED) is 0.598. The number of benzene rings is 1. The van der Waals surface area contributed by atoms with Crippen molar-refractivity contribution >= 4 is 22.1 Å². The maximum Gasteiger partial charge on any atom is 0.129 e. The van der Waals surface area contributed by atoms with E-state index in [1.54, 1.807) is 31.5 Å². The minimum atomic E-state index is 0.233. The van der Waals surface area contributed by atoms with Crippen molar-refractivity contribution in [2.75, 3.05) is 7.05 Å². The summed E-state index contributed by atoms with van der Waals surface area (Å²) in [5.41, 5.74) is 3.57. The van der Waals surface area contributed by atoms with Gasteiger partial charge in [-0.05, 0) is 39.7 Å². The molecule has 0 aliphatic carbocycles. The Labute approximate surface area is 79.2 Å². The van der Waals surface area contributed by atoms with Crippen molar-refractivity contribution in [2.45, 2.75) is 0 Å². The van der Waals surface area contributed by atoms with E-state index in [0.717, 1.165) is 5.56 Å². The van der Waals surface area contributed by atoms with Crippen LogP contribution in [-0.4, -0.2) is 18.4 Å². The normalized spacial score (nSPS) is 10.5. The van der Waals surface area contributed by atoms with Crippen molar-refractivity contribution in [3.63, 3.8) is 0 Å². The van der Waals surface area contributed by atoms with Gasteiger partial charge in [0.05, 0.1) is 10.7 Å². The van der Waals surface area contributed by atoms with Gasteiger partial charge < -0.3 is 10.5 Å². The van der Waals surface area contributed by atoms with Crippen LogP contribution in [0.4, 0.5) is 0 Å². The molecule has 0 aliphatic heterocycles. The SMILES string of the molecule is CNN=Cc1ccc(O)c(Br)c1. The highest BCUT2D eigenvalue weighted by atomic mass is 79.9. The molecule has 64 valence electrons. The van der Waals surface area contributed by atoms with Gasteiger partial charge in [-0.2, -0.15) is 5.10 Å². The van der Waals surface area contributed by atoms with Gasteiger partial charge in [-0.1, -0.05) is 0 Å². The van der Waals surface area contributed by atoms with Crippen LogP contribution in [0.5, 0.6) is 5.75 Å². The van der Waals surface area contributed by atoms with Crippen molar-refractivity contribution in [3.8, 4) is 5.75 Å². The second-order valence-corrected chi connectivity index (χ2v) is 3.05. The molecule has 4 heteroatoms. The fraction of sp³-hybridized carbons (Fsp3) is 0.125. The van der Waals surface area contributed by atoms with Gasteiger partial charge in [0.1, 0.15) is 5.75 Å². The summed E-state index contributed by atoms with van der Waals surface area (Å²) < 4.78 is 0.669. The van der Waals surface area contributed by atoms with Crippen molar-refractivity contribution in [1.82, 2.24) is 5.43 Å². The zero-order valence-corrected chi connectivity index (χ0v) is 8.17. The molecule has 1 rings (SSSR count). The Bertz CT molecular complexity index is 299. The van der Waals surface area contributed by atoms with E-state index >= 15 is 0 Å². The highest BCUT2D eigenvalue weighted by Crippen LogP contribution is 2.23. The topological polar surface area (TPSA) is 44.6 Å². The first-order valence-electron chi connectivity index (χ1n) is 3.42. The molecule has 0 aromatic heterocycles. The molecule has 0 saturated heterocycles. The number of phenolic OH excluding ortho intramolecular Hbond substituents is 1. The van der Waals surface area contributed by atoms with Crippen molar-refractivity contribution in [2.24, 2.45) is 5.10 Å². The summed E-state index contributed by atoms with van der Waals surface area (Å²) in [6.07, 6.45) is 1.67. The van der Waals surface area contributed by atoms with Gasteiger partial charge in [-0.15, -0.1) is 0 Å². The molecule has 0 atom stereocenters. The molecule has 0 heterocycles. The fourth-order valence-corrected chi connectivity index (χ4v) is 1.14. The van der Waals surface area contributed by atoms with E-state index in [1.165, 1.54) is 0 Å². The van der Waals surface area contributed by atoms with Crippen LogP contribution in [0.1, 0.15) is 5.56 Å². The van der Waals surface area contributed by atoms with Gasteiger partial charge in [0.25, 0.3) is 0 Å². The summed E-state index contributed by atoms with van der Waals surface area (Å²) >= 11 is 3.21. The second-order valence-electron chi connectivity index (χ2n) is 2.19. The Hall–Kier alpha value is -1.03. The van der Waals surface area contributed by atoms with Crippen molar-refractivity contribution < 1.29 is 5.11 Å². The fourth-order valence-electron chi connectivity index (χ4n) is 0.743. The third-order valence-corrected chi connectivity index (χ3v) is 1.95. The lowest BCUT2D eigenvalue weighted by Crippen LogP contribution is -1.94. The number of phenols is 1.